The van der Waals surface area contributed by atoms with E-state index in [9.17, 15) is 4.79 Å². The van der Waals surface area contributed by atoms with Crippen LogP contribution in [0.2, 0.25) is 0 Å². The number of nitrogens with zero attached hydrogens (tertiary/aromatic N) is 3. The largest absolute Gasteiger partial charge is 0.464 e. The second-order valence-corrected chi connectivity index (χ2v) is 2.55. The van der Waals surface area contributed by atoms with Crippen molar-refractivity contribution in [1.29, 1.82) is 0 Å². The van der Waals surface area contributed by atoms with Gasteiger partial charge < -0.3 is 21.5 Å². The molecule has 8 heteroatoms. The zero-order valence-electron chi connectivity index (χ0n) is 8.23. The lowest BCUT2D eigenvalue weighted by molar-refractivity contribution is -0.116. The summed E-state index contributed by atoms with van der Waals surface area (Å²) in [4.78, 5) is 21.8. The summed E-state index contributed by atoms with van der Waals surface area (Å²) < 4.78 is 5.04. The molecule has 0 unspecified atom stereocenters. The molecule has 0 saturated carbocycles. The Morgan fingerprint density at radius 2 is 2.20 bits per heavy atom. The van der Waals surface area contributed by atoms with E-state index in [0.29, 0.717) is 6.61 Å². The van der Waals surface area contributed by atoms with E-state index in [1.54, 1.807) is 6.92 Å². The van der Waals surface area contributed by atoms with Crippen LogP contribution < -0.4 is 21.5 Å². The minimum Gasteiger partial charge on any atom is -0.464 e. The lowest BCUT2D eigenvalue weighted by atomic mass is 10.6. The summed E-state index contributed by atoms with van der Waals surface area (Å²) in [6.07, 6.45) is 0. The van der Waals surface area contributed by atoms with Crippen LogP contribution in [0.5, 0.6) is 6.01 Å². The predicted molar refractivity (Wildman–Crippen MR) is 53.1 cm³/mol. The van der Waals surface area contributed by atoms with Crippen molar-refractivity contribution in [3.05, 3.63) is 0 Å². The lowest BCUT2D eigenvalue weighted by Gasteiger charge is -2.05. The Morgan fingerprint density at radius 3 is 2.80 bits per heavy atom. The number of hydrogen-bond acceptors (Lipinski definition) is 7. The number of carbonyl (C=O) groups is 1. The summed E-state index contributed by atoms with van der Waals surface area (Å²) >= 11 is 0. The van der Waals surface area contributed by atoms with Crippen molar-refractivity contribution in [1.82, 2.24) is 15.0 Å². The molecule has 0 bridgehead atoms. The summed E-state index contributed by atoms with van der Waals surface area (Å²) in [5.41, 5.74) is 10.3. The highest BCUT2D eigenvalue weighted by Crippen LogP contribution is 2.07. The van der Waals surface area contributed by atoms with Crippen LogP contribution in [0.25, 0.3) is 0 Å². The maximum absolute atomic E-state index is 10.5. The van der Waals surface area contributed by atoms with Gasteiger partial charge in [-0.05, 0) is 6.92 Å². The summed E-state index contributed by atoms with van der Waals surface area (Å²) in [6.45, 7) is 2.13. The third-order valence-corrected chi connectivity index (χ3v) is 1.33. The monoisotopic (exact) mass is 212 g/mol. The van der Waals surface area contributed by atoms with Gasteiger partial charge in [-0.15, -0.1) is 0 Å². The fraction of sp³-hybridized carbons (Fsp3) is 0.429. The number of hydrogen-bond donors (Lipinski definition) is 3. The van der Waals surface area contributed by atoms with Crippen LogP contribution in [-0.2, 0) is 4.79 Å². The van der Waals surface area contributed by atoms with Gasteiger partial charge in [-0.25, -0.2) is 0 Å². The van der Waals surface area contributed by atoms with Crippen molar-refractivity contribution < 1.29 is 9.53 Å². The van der Waals surface area contributed by atoms with E-state index in [-0.39, 0.29) is 24.5 Å². The molecule has 82 valence electrons. The van der Waals surface area contributed by atoms with Crippen molar-refractivity contribution in [2.75, 3.05) is 24.2 Å². The maximum Gasteiger partial charge on any atom is 0.323 e. The lowest BCUT2D eigenvalue weighted by Crippen LogP contribution is -2.23. The first-order valence-electron chi connectivity index (χ1n) is 4.28. The topological polar surface area (TPSA) is 129 Å². The second-order valence-electron chi connectivity index (χ2n) is 2.55. The van der Waals surface area contributed by atoms with Gasteiger partial charge in [0.15, 0.2) is 0 Å². The Kier molecular flexibility index (Phi) is 3.61. The third kappa shape index (κ3) is 3.63. The first kappa shape index (κ1) is 11.0. The zero-order chi connectivity index (χ0) is 11.3. The molecule has 8 nitrogen and oxygen atoms in total. The number of rotatable bonds is 5. The van der Waals surface area contributed by atoms with Gasteiger partial charge in [0.1, 0.15) is 0 Å². The average molecular weight is 212 g/mol. The Morgan fingerprint density at radius 1 is 1.47 bits per heavy atom. The molecule has 0 aromatic carbocycles. The summed E-state index contributed by atoms with van der Waals surface area (Å²) in [5, 5.41) is 2.59. The minimum atomic E-state index is -0.521. The molecule has 0 radical (unpaired) electrons. The number of nitrogens with one attached hydrogen (secondary N) is 1. The highest BCUT2D eigenvalue weighted by atomic mass is 16.5. The van der Waals surface area contributed by atoms with Crippen LogP contribution in [-0.4, -0.2) is 34.0 Å². The number of primary amides is 1. The molecule has 0 aliphatic rings. The number of anilines is 2. The highest BCUT2D eigenvalue weighted by molar-refractivity contribution is 5.78. The van der Waals surface area contributed by atoms with E-state index in [0.717, 1.165) is 0 Å². The van der Waals surface area contributed by atoms with Crippen LogP contribution in [0.3, 0.4) is 0 Å². The highest BCUT2D eigenvalue weighted by Gasteiger charge is 2.05. The van der Waals surface area contributed by atoms with E-state index < -0.39 is 5.91 Å². The summed E-state index contributed by atoms with van der Waals surface area (Å²) in [6, 6.07) is 0.108. The van der Waals surface area contributed by atoms with Crippen molar-refractivity contribution >= 4 is 17.8 Å². The molecular weight excluding hydrogens is 200 g/mol. The molecule has 0 aliphatic carbocycles. The van der Waals surface area contributed by atoms with Crippen LogP contribution in [0.4, 0.5) is 11.9 Å². The molecule has 0 aliphatic heterocycles. The van der Waals surface area contributed by atoms with Crippen molar-refractivity contribution in [3.63, 3.8) is 0 Å². The number of carbonyl (C=O) groups excluding carboxylic acids is 1. The SMILES string of the molecule is CCOc1nc(N)nc(NCC(N)=O)n1. The minimum absolute atomic E-state index is 0.0143. The molecule has 1 amide bonds. The molecule has 5 N–H and O–H groups in total. The number of ether oxygens (including phenoxy) is 1. The van der Waals surface area contributed by atoms with Gasteiger partial charge in [-0.2, -0.15) is 15.0 Å². The van der Waals surface area contributed by atoms with Crippen LogP contribution in [0, 0.1) is 0 Å². The van der Waals surface area contributed by atoms with Gasteiger partial charge in [-0.3, -0.25) is 4.79 Å². The number of amides is 1. The van der Waals surface area contributed by atoms with Gasteiger partial charge in [0.2, 0.25) is 17.8 Å². The molecule has 0 fully saturated rings. The second kappa shape index (κ2) is 4.94. The van der Waals surface area contributed by atoms with Gasteiger partial charge >= 0.3 is 6.01 Å². The van der Waals surface area contributed by atoms with Crippen molar-refractivity contribution in [2.24, 2.45) is 5.73 Å². The molecule has 1 aromatic rings. The first-order valence-corrected chi connectivity index (χ1v) is 4.28. The Bertz CT molecular complexity index is 355. The molecule has 1 aromatic heterocycles. The number of aromatic nitrogens is 3. The zero-order valence-corrected chi connectivity index (χ0v) is 8.23. The van der Waals surface area contributed by atoms with Gasteiger partial charge in [0.25, 0.3) is 0 Å². The Hall–Kier alpha value is -2.12. The fourth-order valence-electron chi connectivity index (χ4n) is 0.811. The molecule has 1 rings (SSSR count). The van der Waals surface area contributed by atoms with E-state index in [4.69, 9.17) is 16.2 Å². The van der Waals surface area contributed by atoms with Gasteiger partial charge in [0, 0.05) is 0 Å². The Balaban J connectivity index is 2.74. The van der Waals surface area contributed by atoms with Crippen molar-refractivity contribution in [2.45, 2.75) is 6.92 Å². The molecule has 0 atom stereocenters. The molecule has 1 heterocycles. The van der Waals surface area contributed by atoms with Crippen LogP contribution >= 0.6 is 0 Å². The number of nitrogen functional groups attached to an aromatic ring is 1. The summed E-state index contributed by atoms with van der Waals surface area (Å²) in [5.74, 6) is -0.350. The Labute approximate surface area is 86.1 Å². The predicted octanol–water partition coefficient (Wildman–Crippen LogP) is -1.25. The maximum atomic E-state index is 10.5. The van der Waals surface area contributed by atoms with Gasteiger partial charge in [0.05, 0.1) is 13.2 Å². The normalized spacial score (nSPS) is 9.67. The standard InChI is InChI=1S/C7H12N6O2/c1-2-15-7-12-5(9)11-6(13-7)10-3-4(8)14/h2-3H2,1H3,(H2,8,14)(H3,9,10,11,12,13). The quantitative estimate of drug-likeness (QED) is 0.556. The molecule has 0 spiro atoms. The van der Waals surface area contributed by atoms with E-state index in [2.05, 4.69) is 20.3 Å². The van der Waals surface area contributed by atoms with Gasteiger partial charge in [-0.1, -0.05) is 0 Å². The average Bonchev–Trinajstić information content (AvgIpc) is 2.14. The fourth-order valence-corrected chi connectivity index (χ4v) is 0.811. The van der Waals surface area contributed by atoms with E-state index >= 15 is 0 Å². The van der Waals surface area contributed by atoms with Crippen molar-refractivity contribution in [3.8, 4) is 6.01 Å². The third-order valence-electron chi connectivity index (χ3n) is 1.33. The first-order chi connectivity index (χ1) is 7.11. The summed E-state index contributed by atoms with van der Waals surface area (Å²) in [7, 11) is 0. The smallest absolute Gasteiger partial charge is 0.323 e. The molecular formula is C7H12N6O2. The van der Waals surface area contributed by atoms with Crippen LogP contribution in [0.1, 0.15) is 6.92 Å². The van der Waals surface area contributed by atoms with E-state index in [1.165, 1.54) is 0 Å². The molecule has 15 heavy (non-hydrogen) atoms. The van der Waals surface area contributed by atoms with E-state index in [1.807, 2.05) is 0 Å². The van der Waals surface area contributed by atoms with Crippen LogP contribution in [0.15, 0.2) is 0 Å². The number of nitrogens with two attached hydrogens (primary N) is 2. The molecule has 0 saturated heterocycles.